The van der Waals surface area contributed by atoms with Crippen molar-refractivity contribution in [3.05, 3.63) is 36.5 Å². The Morgan fingerprint density at radius 1 is 1.14 bits per heavy atom. The first-order chi connectivity index (χ1) is 13.5. The van der Waals surface area contributed by atoms with Crippen LogP contribution in [0.5, 0.6) is 0 Å². The SMILES string of the molecule is Cc1nc2ncc(-c3ccn4nc(NC5CN(C)C5)ncc34)cc2n1C(C)C. The molecule has 144 valence electrons. The number of aromatic nitrogens is 6. The zero-order valence-electron chi connectivity index (χ0n) is 16.6. The standard InChI is InChI=1S/C20H24N8/c1-12(2)28-13(3)23-19-17(28)7-14(8-21-19)16-5-6-27-18(16)9-22-20(25-27)24-15-10-26(4)11-15/h5-9,12,15H,10-11H2,1-4H3,(H,24,25). The lowest BCUT2D eigenvalue weighted by molar-refractivity contribution is 0.204. The van der Waals surface area contributed by atoms with Gasteiger partial charge >= 0.3 is 0 Å². The van der Waals surface area contributed by atoms with E-state index in [1.165, 1.54) is 0 Å². The van der Waals surface area contributed by atoms with E-state index >= 15 is 0 Å². The van der Waals surface area contributed by atoms with E-state index in [4.69, 9.17) is 0 Å². The summed E-state index contributed by atoms with van der Waals surface area (Å²) in [5.74, 6) is 1.65. The smallest absolute Gasteiger partial charge is 0.241 e. The Bertz CT molecular complexity index is 1170. The molecule has 5 heterocycles. The van der Waals surface area contributed by atoms with Crippen LogP contribution in [0.3, 0.4) is 0 Å². The van der Waals surface area contributed by atoms with Gasteiger partial charge in [-0.25, -0.2) is 19.5 Å². The van der Waals surface area contributed by atoms with Gasteiger partial charge in [0.25, 0.3) is 0 Å². The van der Waals surface area contributed by atoms with E-state index in [0.29, 0.717) is 18.0 Å². The fourth-order valence-electron chi connectivity index (χ4n) is 4.07. The zero-order valence-corrected chi connectivity index (χ0v) is 16.6. The average Bonchev–Trinajstić information content (AvgIpc) is 3.19. The molecule has 0 bridgehead atoms. The second-order valence-corrected chi connectivity index (χ2v) is 7.89. The number of rotatable bonds is 4. The van der Waals surface area contributed by atoms with Crippen LogP contribution in [-0.4, -0.2) is 60.2 Å². The Balaban J connectivity index is 1.53. The monoisotopic (exact) mass is 376 g/mol. The van der Waals surface area contributed by atoms with Crippen molar-refractivity contribution in [2.45, 2.75) is 32.9 Å². The maximum atomic E-state index is 4.62. The lowest BCUT2D eigenvalue weighted by Gasteiger charge is -2.36. The van der Waals surface area contributed by atoms with Crippen LogP contribution in [-0.2, 0) is 0 Å². The molecule has 0 unspecified atom stereocenters. The predicted octanol–water partition coefficient (Wildman–Crippen LogP) is 2.76. The zero-order chi connectivity index (χ0) is 19.4. The Morgan fingerprint density at radius 2 is 1.96 bits per heavy atom. The first-order valence-electron chi connectivity index (χ1n) is 9.64. The van der Waals surface area contributed by atoms with Crippen molar-refractivity contribution in [1.29, 1.82) is 0 Å². The molecule has 0 radical (unpaired) electrons. The first-order valence-corrected chi connectivity index (χ1v) is 9.64. The quantitative estimate of drug-likeness (QED) is 0.590. The highest BCUT2D eigenvalue weighted by Crippen LogP contribution is 2.29. The lowest BCUT2D eigenvalue weighted by atomic mass is 10.1. The van der Waals surface area contributed by atoms with Crippen LogP contribution in [0.1, 0.15) is 25.7 Å². The average molecular weight is 376 g/mol. The predicted molar refractivity (Wildman–Crippen MR) is 110 cm³/mol. The van der Waals surface area contributed by atoms with Crippen molar-refractivity contribution < 1.29 is 0 Å². The van der Waals surface area contributed by atoms with E-state index in [0.717, 1.165) is 46.7 Å². The summed E-state index contributed by atoms with van der Waals surface area (Å²) in [5, 5.41) is 8.01. The van der Waals surface area contributed by atoms with Crippen LogP contribution >= 0.6 is 0 Å². The van der Waals surface area contributed by atoms with Crippen molar-refractivity contribution in [3.63, 3.8) is 0 Å². The molecular weight excluding hydrogens is 352 g/mol. The van der Waals surface area contributed by atoms with E-state index < -0.39 is 0 Å². The highest BCUT2D eigenvalue weighted by Gasteiger charge is 2.23. The Labute approximate surface area is 163 Å². The van der Waals surface area contributed by atoms with E-state index in [2.05, 4.69) is 67.9 Å². The van der Waals surface area contributed by atoms with Gasteiger partial charge in [0.05, 0.1) is 23.3 Å². The van der Waals surface area contributed by atoms with E-state index in [9.17, 15) is 0 Å². The van der Waals surface area contributed by atoms with Gasteiger partial charge < -0.3 is 14.8 Å². The number of hydrogen-bond donors (Lipinski definition) is 1. The van der Waals surface area contributed by atoms with Crippen molar-refractivity contribution in [1.82, 2.24) is 34.0 Å². The van der Waals surface area contributed by atoms with Gasteiger partial charge in [0.1, 0.15) is 5.82 Å². The molecule has 0 aliphatic carbocycles. The number of fused-ring (bicyclic) bond motifs is 2. The molecule has 1 fully saturated rings. The fourth-order valence-corrected chi connectivity index (χ4v) is 4.07. The largest absolute Gasteiger partial charge is 0.348 e. The maximum Gasteiger partial charge on any atom is 0.241 e. The van der Waals surface area contributed by atoms with Gasteiger partial charge in [-0.2, -0.15) is 0 Å². The summed E-state index contributed by atoms with van der Waals surface area (Å²) in [6, 6.07) is 4.98. The highest BCUT2D eigenvalue weighted by atomic mass is 15.3. The molecule has 4 aromatic rings. The van der Waals surface area contributed by atoms with Gasteiger partial charge in [-0.1, -0.05) is 0 Å². The van der Waals surface area contributed by atoms with Crippen LogP contribution in [0.4, 0.5) is 5.95 Å². The molecule has 28 heavy (non-hydrogen) atoms. The van der Waals surface area contributed by atoms with E-state index in [1.807, 2.05) is 30.0 Å². The molecule has 1 aliphatic rings. The number of nitrogens with one attached hydrogen (secondary N) is 1. The second-order valence-electron chi connectivity index (χ2n) is 7.89. The Morgan fingerprint density at radius 3 is 2.71 bits per heavy atom. The fraction of sp³-hybridized carbons (Fsp3) is 0.400. The number of aryl methyl sites for hydroxylation is 1. The van der Waals surface area contributed by atoms with Gasteiger partial charge in [0.15, 0.2) is 5.65 Å². The third-order valence-electron chi connectivity index (χ3n) is 5.36. The number of nitrogens with zero attached hydrogens (tertiary/aromatic N) is 7. The van der Waals surface area contributed by atoms with Gasteiger partial charge in [-0.05, 0) is 40.0 Å². The van der Waals surface area contributed by atoms with Gasteiger partial charge in [-0.3, -0.25) is 0 Å². The molecule has 0 amide bonds. The van der Waals surface area contributed by atoms with Gasteiger partial charge in [0.2, 0.25) is 5.95 Å². The van der Waals surface area contributed by atoms with Crippen LogP contribution < -0.4 is 5.32 Å². The number of hydrogen-bond acceptors (Lipinski definition) is 6. The van der Waals surface area contributed by atoms with Crippen molar-refractivity contribution in [2.75, 3.05) is 25.5 Å². The minimum absolute atomic E-state index is 0.329. The second kappa shape index (κ2) is 6.27. The summed E-state index contributed by atoms with van der Waals surface area (Å²) in [7, 11) is 2.11. The lowest BCUT2D eigenvalue weighted by Crippen LogP contribution is -2.52. The topological polar surface area (TPSA) is 76.2 Å². The number of likely N-dealkylation sites (N-methyl/N-ethyl adjacent to an activating group) is 1. The molecule has 1 saturated heterocycles. The molecule has 1 N–H and O–H groups in total. The van der Waals surface area contributed by atoms with E-state index in [-0.39, 0.29) is 0 Å². The molecule has 0 aromatic carbocycles. The van der Waals surface area contributed by atoms with Gasteiger partial charge in [-0.15, -0.1) is 5.10 Å². The molecule has 8 heteroatoms. The van der Waals surface area contributed by atoms with Gasteiger partial charge in [0, 0.05) is 42.7 Å². The molecule has 0 atom stereocenters. The van der Waals surface area contributed by atoms with Crippen LogP contribution in [0.15, 0.2) is 30.7 Å². The van der Waals surface area contributed by atoms with Crippen molar-refractivity contribution in [2.24, 2.45) is 0 Å². The van der Waals surface area contributed by atoms with Crippen LogP contribution in [0.2, 0.25) is 0 Å². The summed E-state index contributed by atoms with van der Waals surface area (Å²) in [5.41, 5.74) is 4.91. The first kappa shape index (κ1) is 17.1. The maximum absolute atomic E-state index is 4.62. The minimum Gasteiger partial charge on any atom is -0.348 e. The summed E-state index contributed by atoms with van der Waals surface area (Å²) in [6.45, 7) is 8.39. The van der Waals surface area contributed by atoms with E-state index in [1.54, 1.807) is 0 Å². The summed E-state index contributed by atoms with van der Waals surface area (Å²) >= 11 is 0. The molecule has 8 nitrogen and oxygen atoms in total. The summed E-state index contributed by atoms with van der Waals surface area (Å²) < 4.78 is 4.10. The molecular formula is C20H24N8. The normalized spacial score (nSPS) is 15.6. The molecule has 5 rings (SSSR count). The molecule has 0 spiro atoms. The Hall–Kier alpha value is -3.00. The number of anilines is 1. The minimum atomic E-state index is 0.329. The number of likely N-dealkylation sites (tertiary alicyclic amines) is 1. The highest BCUT2D eigenvalue weighted by molar-refractivity contribution is 5.85. The molecule has 1 aliphatic heterocycles. The van der Waals surface area contributed by atoms with Crippen LogP contribution in [0, 0.1) is 6.92 Å². The molecule has 4 aromatic heterocycles. The summed E-state index contributed by atoms with van der Waals surface area (Å²) in [4.78, 5) is 16.0. The van der Waals surface area contributed by atoms with Crippen LogP contribution in [0.25, 0.3) is 27.8 Å². The van der Waals surface area contributed by atoms with Crippen molar-refractivity contribution in [3.8, 4) is 11.1 Å². The summed E-state index contributed by atoms with van der Waals surface area (Å²) in [6.07, 6.45) is 5.73. The molecule has 0 saturated carbocycles. The number of imidazole rings is 1. The Kier molecular flexibility index (Phi) is 3.83. The number of pyridine rings is 1. The third kappa shape index (κ3) is 2.72. The third-order valence-corrected chi connectivity index (χ3v) is 5.36. The van der Waals surface area contributed by atoms with Crippen molar-refractivity contribution >= 4 is 22.6 Å².